The Labute approximate surface area is 135 Å². The highest BCUT2D eigenvalue weighted by Gasteiger charge is 2.19. The first-order valence-electron chi connectivity index (χ1n) is 8.13. The topological polar surface area (TPSA) is 92.0 Å². The highest BCUT2D eigenvalue weighted by atomic mass is 16.3. The molecule has 2 aromatic rings. The number of aliphatic hydroxyl groups is 1. The average molecular weight is 317 g/mol. The molecule has 3 heterocycles. The molecule has 0 bridgehead atoms. The molecule has 1 fully saturated rings. The molecule has 8 heteroatoms. The van der Waals surface area contributed by atoms with Gasteiger partial charge in [-0.3, -0.25) is 0 Å². The number of hydrogen-bond acceptors (Lipinski definition) is 7. The molecule has 23 heavy (non-hydrogen) atoms. The van der Waals surface area contributed by atoms with E-state index in [0.717, 1.165) is 44.0 Å². The maximum atomic E-state index is 9.79. The second-order valence-electron chi connectivity index (χ2n) is 5.69. The van der Waals surface area contributed by atoms with Crippen molar-refractivity contribution >= 4 is 11.8 Å². The van der Waals surface area contributed by atoms with E-state index in [4.69, 9.17) is 0 Å². The summed E-state index contributed by atoms with van der Waals surface area (Å²) in [4.78, 5) is 10.9. The number of nitrogens with zero attached hydrogens (tertiary/aromatic N) is 6. The van der Waals surface area contributed by atoms with E-state index in [1.54, 1.807) is 12.5 Å². The smallest absolute Gasteiger partial charge is 0.224 e. The summed E-state index contributed by atoms with van der Waals surface area (Å²) < 4.78 is 2.02. The monoisotopic (exact) mass is 317 g/mol. The number of aromatic nitrogens is 5. The number of anilines is 2. The maximum Gasteiger partial charge on any atom is 0.224 e. The zero-order valence-electron chi connectivity index (χ0n) is 13.4. The predicted octanol–water partition coefficient (Wildman–Crippen LogP) is 0.704. The lowest BCUT2D eigenvalue weighted by molar-refractivity contribution is 0.154. The van der Waals surface area contributed by atoms with Crippen LogP contribution in [0.3, 0.4) is 0 Å². The number of aryl methyl sites for hydroxylation is 1. The van der Waals surface area contributed by atoms with Gasteiger partial charge in [0.25, 0.3) is 0 Å². The zero-order chi connectivity index (χ0) is 16.1. The van der Waals surface area contributed by atoms with Crippen molar-refractivity contribution in [2.45, 2.75) is 38.8 Å². The molecule has 8 nitrogen and oxygen atoms in total. The molecule has 1 saturated heterocycles. The molecule has 0 amide bonds. The number of hydrogen-bond donors (Lipinski definition) is 2. The lowest BCUT2D eigenvalue weighted by Crippen LogP contribution is -2.38. The van der Waals surface area contributed by atoms with Gasteiger partial charge in [0, 0.05) is 38.8 Å². The maximum absolute atomic E-state index is 9.79. The van der Waals surface area contributed by atoms with Crippen LogP contribution in [-0.2, 0) is 13.0 Å². The summed E-state index contributed by atoms with van der Waals surface area (Å²) in [5.74, 6) is 2.42. The number of nitrogens with one attached hydrogen (secondary N) is 1. The quantitative estimate of drug-likeness (QED) is 0.810. The van der Waals surface area contributed by atoms with Gasteiger partial charge in [0.2, 0.25) is 5.95 Å². The SMILES string of the molecule is CCn1cnnc1CCNc1nccc(N2CCCC(O)C2)n1. The van der Waals surface area contributed by atoms with E-state index in [1.807, 2.05) is 10.6 Å². The molecular formula is C15H23N7O. The van der Waals surface area contributed by atoms with Crippen molar-refractivity contribution in [3.05, 3.63) is 24.4 Å². The Morgan fingerprint density at radius 2 is 2.35 bits per heavy atom. The van der Waals surface area contributed by atoms with Gasteiger partial charge in [-0.1, -0.05) is 0 Å². The summed E-state index contributed by atoms with van der Waals surface area (Å²) in [5, 5.41) is 21.1. The van der Waals surface area contributed by atoms with Gasteiger partial charge in [-0.25, -0.2) is 4.98 Å². The Bertz CT molecular complexity index is 630. The minimum Gasteiger partial charge on any atom is -0.391 e. The van der Waals surface area contributed by atoms with Crippen LogP contribution in [-0.4, -0.2) is 55.6 Å². The van der Waals surface area contributed by atoms with E-state index >= 15 is 0 Å². The molecule has 2 aromatic heterocycles. The first kappa shape index (κ1) is 15.7. The normalized spacial score (nSPS) is 18.2. The van der Waals surface area contributed by atoms with Crippen molar-refractivity contribution in [1.29, 1.82) is 0 Å². The largest absolute Gasteiger partial charge is 0.391 e. The zero-order valence-corrected chi connectivity index (χ0v) is 13.4. The standard InChI is InChI=1S/C15H23N7O/c1-2-21-11-18-20-14(21)6-8-17-15-16-7-5-13(19-15)22-9-3-4-12(23)10-22/h5,7,11-12,23H,2-4,6,8-10H2,1H3,(H,16,17,19). The molecule has 1 atom stereocenters. The molecule has 3 rings (SSSR count). The van der Waals surface area contributed by atoms with Crippen LogP contribution in [0.15, 0.2) is 18.6 Å². The first-order valence-corrected chi connectivity index (χ1v) is 8.13. The van der Waals surface area contributed by atoms with Gasteiger partial charge in [-0.05, 0) is 25.8 Å². The van der Waals surface area contributed by atoms with Crippen LogP contribution in [0, 0.1) is 0 Å². The second kappa shape index (κ2) is 7.36. The molecule has 0 spiro atoms. The van der Waals surface area contributed by atoms with Gasteiger partial charge in [0.1, 0.15) is 18.0 Å². The van der Waals surface area contributed by atoms with Gasteiger partial charge in [-0.15, -0.1) is 10.2 Å². The van der Waals surface area contributed by atoms with E-state index in [1.165, 1.54) is 0 Å². The Morgan fingerprint density at radius 1 is 1.43 bits per heavy atom. The van der Waals surface area contributed by atoms with Crippen LogP contribution >= 0.6 is 0 Å². The van der Waals surface area contributed by atoms with Gasteiger partial charge < -0.3 is 19.9 Å². The molecule has 1 aliphatic heterocycles. The number of rotatable bonds is 6. The Morgan fingerprint density at radius 3 is 3.17 bits per heavy atom. The number of β-amino-alcohol motifs (C(OH)–C–C–N with tert-alkyl or cyclic N) is 1. The van der Waals surface area contributed by atoms with Crippen LogP contribution < -0.4 is 10.2 Å². The molecule has 0 radical (unpaired) electrons. The molecule has 0 aliphatic carbocycles. The summed E-state index contributed by atoms with van der Waals surface area (Å²) in [6, 6.07) is 1.89. The van der Waals surface area contributed by atoms with E-state index in [0.29, 0.717) is 19.0 Å². The fourth-order valence-corrected chi connectivity index (χ4v) is 2.80. The number of piperidine rings is 1. The summed E-state index contributed by atoms with van der Waals surface area (Å²) in [5.41, 5.74) is 0. The van der Waals surface area contributed by atoms with E-state index < -0.39 is 0 Å². The molecule has 124 valence electrons. The van der Waals surface area contributed by atoms with Crippen molar-refractivity contribution in [1.82, 2.24) is 24.7 Å². The van der Waals surface area contributed by atoms with Crippen LogP contribution in [0.2, 0.25) is 0 Å². The second-order valence-corrected chi connectivity index (χ2v) is 5.69. The van der Waals surface area contributed by atoms with Crippen molar-refractivity contribution < 1.29 is 5.11 Å². The average Bonchev–Trinajstić information content (AvgIpc) is 3.03. The molecule has 0 saturated carbocycles. The molecule has 0 aromatic carbocycles. The van der Waals surface area contributed by atoms with E-state index in [9.17, 15) is 5.11 Å². The summed E-state index contributed by atoms with van der Waals surface area (Å²) in [6.45, 7) is 5.19. The Kier molecular flexibility index (Phi) is 5.02. The van der Waals surface area contributed by atoms with E-state index in [-0.39, 0.29) is 6.10 Å². The van der Waals surface area contributed by atoms with Crippen molar-refractivity contribution in [2.75, 3.05) is 29.9 Å². The fourth-order valence-electron chi connectivity index (χ4n) is 2.80. The highest BCUT2D eigenvalue weighted by molar-refractivity contribution is 5.43. The van der Waals surface area contributed by atoms with Crippen molar-refractivity contribution in [3.8, 4) is 0 Å². The minimum absolute atomic E-state index is 0.268. The first-order chi connectivity index (χ1) is 11.3. The minimum atomic E-state index is -0.268. The fraction of sp³-hybridized carbons (Fsp3) is 0.600. The Hall–Kier alpha value is -2.22. The highest BCUT2D eigenvalue weighted by Crippen LogP contribution is 2.18. The summed E-state index contributed by atoms with van der Waals surface area (Å²) >= 11 is 0. The Balaban J connectivity index is 1.57. The lowest BCUT2D eigenvalue weighted by atomic mass is 10.1. The van der Waals surface area contributed by atoms with Crippen LogP contribution in [0.5, 0.6) is 0 Å². The van der Waals surface area contributed by atoms with Gasteiger partial charge in [-0.2, -0.15) is 4.98 Å². The molecule has 1 unspecified atom stereocenters. The third-order valence-corrected chi connectivity index (χ3v) is 4.03. The van der Waals surface area contributed by atoms with Crippen LogP contribution in [0.1, 0.15) is 25.6 Å². The van der Waals surface area contributed by atoms with E-state index in [2.05, 4.69) is 37.3 Å². The summed E-state index contributed by atoms with van der Waals surface area (Å²) in [6.07, 6.45) is 5.85. The van der Waals surface area contributed by atoms with Gasteiger partial charge in [0.05, 0.1) is 6.10 Å². The van der Waals surface area contributed by atoms with Gasteiger partial charge in [0.15, 0.2) is 0 Å². The van der Waals surface area contributed by atoms with Crippen LogP contribution in [0.25, 0.3) is 0 Å². The molecular weight excluding hydrogens is 294 g/mol. The predicted molar refractivity (Wildman–Crippen MR) is 87.4 cm³/mol. The lowest BCUT2D eigenvalue weighted by Gasteiger charge is -2.31. The van der Waals surface area contributed by atoms with Crippen molar-refractivity contribution in [2.24, 2.45) is 0 Å². The van der Waals surface area contributed by atoms with Crippen LogP contribution in [0.4, 0.5) is 11.8 Å². The number of aliphatic hydroxyl groups excluding tert-OH is 1. The third-order valence-electron chi connectivity index (χ3n) is 4.03. The molecule has 2 N–H and O–H groups in total. The third kappa shape index (κ3) is 3.95. The summed E-state index contributed by atoms with van der Waals surface area (Å²) in [7, 11) is 0. The van der Waals surface area contributed by atoms with Crippen molar-refractivity contribution in [3.63, 3.8) is 0 Å². The van der Waals surface area contributed by atoms with Gasteiger partial charge >= 0.3 is 0 Å². The molecule has 1 aliphatic rings.